The molecular weight excluding hydrogens is 276 g/mol. The highest BCUT2D eigenvalue weighted by Gasteiger charge is 2.16. The fourth-order valence-corrected chi connectivity index (χ4v) is 1.89. The van der Waals surface area contributed by atoms with Crippen LogP contribution in [0.25, 0.3) is 10.9 Å². The zero-order chi connectivity index (χ0) is 15.2. The molecule has 1 aromatic heterocycles. The molecule has 0 spiro atoms. The minimum Gasteiger partial charge on any atom is -0.382 e. The summed E-state index contributed by atoms with van der Waals surface area (Å²) in [7, 11) is 0. The number of nitrogens with zero attached hydrogens (tertiary/aromatic N) is 2. The smallest absolute Gasteiger partial charge is 0.272 e. The van der Waals surface area contributed by atoms with Gasteiger partial charge in [0, 0.05) is 37.3 Å². The van der Waals surface area contributed by atoms with E-state index < -0.39 is 4.92 Å². The van der Waals surface area contributed by atoms with Crippen molar-refractivity contribution in [2.45, 2.75) is 13.3 Å². The quantitative estimate of drug-likeness (QED) is 0.458. The number of nitro groups is 1. The monoisotopic (exact) mass is 292 g/mol. The Hall–Kier alpha value is -2.48. The lowest BCUT2D eigenvalue weighted by molar-refractivity contribution is -0.384. The van der Waals surface area contributed by atoms with Crippen LogP contribution in [0.15, 0.2) is 18.2 Å². The Balaban J connectivity index is 2.08. The minimum atomic E-state index is -0.504. The van der Waals surface area contributed by atoms with Crippen LogP contribution in [0.4, 0.5) is 5.69 Å². The maximum absolute atomic E-state index is 12.0. The lowest BCUT2D eigenvalue weighted by Crippen LogP contribution is -2.25. The molecule has 1 amide bonds. The van der Waals surface area contributed by atoms with Crippen molar-refractivity contribution in [3.8, 4) is 0 Å². The molecule has 8 heteroatoms. The normalized spacial score (nSPS) is 10.7. The second kappa shape index (κ2) is 6.80. The number of nitrogens with one attached hydrogen (secondary N) is 2. The predicted octanol–water partition coefficient (Wildman–Crippen LogP) is 1.63. The first-order valence-electron chi connectivity index (χ1n) is 6.62. The number of carbonyl (C=O) groups is 1. The maximum atomic E-state index is 12.0. The fourth-order valence-electron chi connectivity index (χ4n) is 1.89. The molecule has 0 aliphatic rings. The van der Waals surface area contributed by atoms with Gasteiger partial charge in [-0.15, -0.1) is 0 Å². The van der Waals surface area contributed by atoms with Gasteiger partial charge in [-0.2, -0.15) is 5.10 Å². The van der Waals surface area contributed by atoms with Crippen LogP contribution in [0.1, 0.15) is 23.8 Å². The molecule has 112 valence electrons. The number of non-ortho nitro benzene ring substituents is 1. The van der Waals surface area contributed by atoms with Crippen LogP contribution in [0.2, 0.25) is 0 Å². The Bertz CT molecular complexity index is 653. The van der Waals surface area contributed by atoms with Crippen LogP contribution in [0.5, 0.6) is 0 Å². The average Bonchev–Trinajstić information content (AvgIpc) is 2.89. The number of nitro benzene ring substituents is 1. The topological polar surface area (TPSA) is 110 Å². The number of H-pyrrole nitrogens is 1. The molecule has 0 unspecified atom stereocenters. The zero-order valence-corrected chi connectivity index (χ0v) is 11.6. The van der Waals surface area contributed by atoms with Crippen molar-refractivity contribution in [2.24, 2.45) is 0 Å². The van der Waals surface area contributed by atoms with E-state index in [9.17, 15) is 14.9 Å². The molecule has 1 heterocycles. The summed E-state index contributed by atoms with van der Waals surface area (Å²) < 4.78 is 5.17. The molecule has 2 aromatic rings. The summed E-state index contributed by atoms with van der Waals surface area (Å²) in [4.78, 5) is 22.3. The number of fused-ring (bicyclic) bond motifs is 1. The second-order valence-electron chi connectivity index (χ2n) is 4.37. The van der Waals surface area contributed by atoms with Crippen molar-refractivity contribution < 1.29 is 14.5 Å². The van der Waals surface area contributed by atoms with E-state index in [1.165, 1.54) is 18.2 Å². The molecule has 0 bridgehead atoms. The van der Waals surface area contributed by atoms with Gasteiger partial charge < -0.3 is 10.1 Å². The number of benzene rings is 1. The van der Waals surface area contributed by atoms with Crippen molar-refractivity contribution >= 4 is 22.5 Å². The molecule has 0 fully saturated rings. The number of rotatable bonds is 7. The van der Waals surface area contributed by atoms with Gasteiger partial charge >= 0.3 is 0 Å². The first kappa shape index (κ1) is 14.9. The van der Waals surface area contributed by atoms with E-state index in [1.807, 2.05) is 6.92 Å². The summed E-state index contributed by atoms with van der Waals surface area (Å²) in [5, 5.41) is 20.5. The number of hydrogen-bond donors (Lipinski definition) is 2. The van der Waals surface area contributed by atoms with Gasteiger partial charge in [0.25, 0.3) is 11.6 Å². The third-order valence-corrected chi connectivity index (χ3v) is 2.93. The van der Waals surface area contributed by atoms with E-state index in [0.717, 1.165) is 0 Å². The summed E-state index contributed by atoms with van der Waals surface area (Å²) in [6.45, 7) is 3.58. The summed E-state index contributed by atoms with van der Waals surface area (Å²) in [5.74, 6) is -0.363. The van der Waals surface area contributed by atoms with E-state index in [0.29, 0.717) is 37.1 Å². The molecule has 8 nitrogen and oxygen atoms in total. The first-order chi connectivity index (χ1) is 10.1. The molecule has 0 aliphatic carbocycles. The van der Waals surface area contributed by atoms with E-state index >= 15 is 0 Å². The summed E-state index contributed by atoms with van der Waals surface area (Å²) in [6, 6.07) is 4.24. The van der Waals surface area contributed by atoms with E-state index in [2.05, 4.69) is 15.5 Å². The van der Waals surface area contributed by atoms with Crippen LogP contribution < -0.4 is 5.32 Å². The number of carbonyl (C=O) groups excluding carboxylic acids is 1. The number of aromatic amines is 1. The Morgan fingerprint density at radius 3 is 3.05 bits per heavy atom. The molecule has 0 atom stereocenters. The lowest BCUT2D eigenvalue weighted by Gasteiger charge is -2.03. The van der Waals surface area contributed by atoms with E-state index in [-0.39, 0.29) is 17.3 Å². The van der Waals surface area contributed by atoms with E-state index in [4.69, 9.17) is 4.74 Å². The Labute approximate surface area is 120 Å². The van der Waals surface area contributed by atoms with Gasteiger partial charge in [0.15, 0.2) is 5.69 Å². The second-order valence-corrected chi connectivity index (χ2v) is 4.37. The molecular formula is C13H16N4O4. The van der Waals surface area contributed by atoms with Crippen molar-refractivity contribution in [3.05, 3.63) is 34.0 Å². The van der Waals surface area contributed by atoms with Crippen LogP contribution >= 0.6 is 0 Å². The Morgan fingerprint density at radius 1 is 1.52 bits per heavy atom. The molecule has 2 N–H and O–H groups in total. The fraction of sp³-hybridized carbons (Fsp3) is 0.385. The van der Waals surface area contributed by atoms with Gasteiger partial charge in [0.2, 0.25) is 0 Å². The van der Waals surface area contributed by atoms with Crippen molar-refractivity contribution in [2.75, 3.05) is 19.8 Å². The standard InChI is InChI=1S/C13H16N4O4/c1-2-21-7-3-6-14-13(18)12-10-8-9(17(19)20)4-5-11(10)15-16-12/h4-5,8H,2-3,6-7H2,1H3,(H,14,18)(H,15,16). The van der Waals surface area contributed by atoms with Crippen LogP contribution in [-0.4, -0.2) is 40.8 Å². The van der Waals surface area contributed by atoms with Gasteiger partial charge in [-0.1, -0.05) is 0 Å². The van der Waals surface area contributed by atoms with Crippen molar-refractivity contribution in [1.29, 1.82) is 0 Å². The number of aromatic nitrogens is 2. The van der Waals surface area contributed by atoms with Crippen LogP contribution in [0.3, 0.4) is 0 Å². The summed E-state index contributed by atoms with van der Waals surface area (Å²) in [6.07, 6.45) is 0.697. The molecule has 0 saturated heterocycles. The predicted molar refractivity (Wildman–Crippen MR) is 76.2 cm³/mol. The zero-order valence-electron chi connectivity index (χ0n) is 11.6. The van der Waals surface area contributed by atoms with Crippen LogP contribution in [-0.2, 0) is 4.74 Å². The molecule has 21 heavy (non-hydrogen) atoms. The largest absolute Gasteiger partial charge is 0.382 e. The number of ether oxygens (including phenoxy) is 1. The van der Waals surface area contributed by atoms with Crippen LogP contribution in [0, 0.1) is 10.1 Å². The van der Waals surface area contributed by atoms with Gasteiger partial charge in [0.05, 0.1) is 10.4 Å². The lowest BCUT2D eigenvalue weighted by atomic mass is 10.2. The third-order valence-electron chi connectivity index (χ3n) is 2.93. The summed E-state index contributed by atoms with van der Waals surface area (Å²) in [5.41, 5.74) is 0.666. The van der Waals surface area contributed by atoms with Gasteiger partial charge in [0.1, 0.15) is 0 Å². The highest BCUT2D eigenvalue weighted by Crippen LogP contribution is 2.21. The van der Waals surface area contributed by atoms with Gasteiger partial charge in [-0.05, 0) is 19.4 Å². The highest BCUT2D eigenvalue weighted by atomic mass is 16.6. The van der Waals surface area contributed by atoms with Gasteiger partial charge in [-0.3, -0.25) is 20.0 Å². The SMILES string of the molecule is CCOCCCNC(=O)c1n[nH]c2ccc([N+](=O)[O-])cc12. The Kier molecular flexibility index (Phi) is 4.83. The number of amides is 1. The molecule has 0 aliphatic heterocycles. The average molecular weight is 292 g/mol. The highest BCUT2D eigenvalue weighted by molar-refractivity contribution is 6.05. The number of hydrogen-bond acceptors (Lipinski definition) is 5. The Morgan fingerprint density at radius 2 is 2.33 bits per heavy atom. The third kappa shape index (κ3) is 3.54. The molecule has 0 radical (unpaired) electrons. The minimum absolute atomic E-state index is 0.0747. The van der Waals surface area contributed by atoms with E-state index in [1.54, 1.807) is 0 Å². The molecule has 2 rings (SSSR count). The molecule has 0 saturated carbocycles. The summed E-state index contributed by atoms with van der Waals surface area (Å²) >= 11 is 0. The maximum Gasteiger partial charge on any atom is 0.272 e. The van der Waals surface area contributed by atoms with Crippen molar-refractivity contribution in [1.82, 2.24) is 15.5 Å². The van der Waals surface area contributed by atoms with Crippen molar-refractivity contribution in [3.63, 3.8) is 0 Å². The van der Waals surface area contributed by atoms with Gasteiger partial charge in [-0.25, -0.2) is 0 Å². The molecule has 1 aromatic carbocycles. The first-order valence-corrected chi connectivity index (χ1v) is 6.62.